The average Bonchev–Trinajstić information content (AvgIpc) is 2.30. The maximum absolute atomic E-state index is 9.75. The van der Waals surface area contributed by atoms with Crippen molar-refractivity contribution in [2.24, 2.45) is 4.99 Å². The molecule has 0 fully saturated rings. The smallest absolute Gasteiger partial charge is 0.145 e. The van der Waals surface area contributed by atoms with Gasteiger partial charge < -0.3 is 15.3 Å². The minimum Gasteiger partial charge on any atom is -0.505 e. The maximum atomic E-state index is 9.75. The Morgan fingerprint density at radius 1 is 1.44 bits per heavy atom. The van der Waals surface area contributed by atoms with Gasteiger partial charge in [0, 0.05) is 36.7 Å². The number of nitrogens with zero attached hydrogens (tertiary/aromatic N) is 2. The minimum absolute atomic E-state index is 0.0410. The molecule has 0 aliphatic carbocycles. The largest absolute Gasteiger partial charge is 0.505 e. The Labute approximate surface area is 94.1 Å². The molecule has 0 aliphatic rings. The lowest BCUT2D eigenvalue weighted by Gasteiger charge is -2.06. The summed E-state index contributed by atoms with van der Waals surface area (Å²) in [5, 5.41) is 27.4. The van der Waals surface area contributed by atoms with E-state index < -0.39 is 0 Å². The fourth-order valence-corrected chi connectivity index (χ4v) is 1.24. The Morgan fingerprint density at radius 2 is 2.19 bits per heavy atom. The molecule has 1 rings (SSSR count). The van der Waals surface area contributed by atoms with Crippen LogP contribution in [0.1, 0.15) is 23.2 Å². The van der Waals surface area contributed by atoms with Crippen LogP contribution < -0.4 is 0 Å². The van der Waals surface area contributed by atoms with E-state index in [9.17, 15) is 5.11 Å². The van der Waals surface area contributed by atoms with Crippen LogP contribution >= 0.6 is 0 Å². The molecule has 0 bridgehead atoms. The lowest BCUT2D eigenvalue weighted by Crippen LogP contribution is -1.98. The van der Waals surface area contributed by atoms with Crippen LogP contribution in [0.3, 0.4) is 0 Å². The van der Waals surface area contributed by atoms with Gasteiger partial charge in [0.05, 0.1) is 12.3 Å². The Bertz CT molecular complexity index is 378. The van der Waals surface area contributed by atoms with Gasteiger partial charge in [0.2, 0.25) is 0 Å². The molecular formula is C11H16N2O3. The fraction of sp³-hybridized carbons (Fsp3) is 0.455. The van der Waals surface area contributed by atoms with Crippen LogP contribution in [0.4, 0.5) is 0 Å². The van der Waals surface area contributed by atoms with E-state index in [0.717, 1.165) is 0 Å². The molecule has 0 aliphatic heterocycles. The lowest BCUT2D eigenvalue weighted by molar-refractivity contribution is 0.280. The summed E-state index contributed by atoms with van der Waals surface area (Å²) >= 11 is 0. The second-order valence-corrected chi connectivity index (χ2v) is 3.40. The first kappa shape index (κ1) is 12.6. The molecule has 0 unspecified atom stereocenters. The average molecular weight is 224 g/mol. The minimum atomic E-state index is -0.192. The number of pyridine rings is 1. The summed E-state index contributed by atoms with van der Waals surface area (Å²) in [5.41, 5.74) is 1.53. The monoisotopic (exact) mass is 224 g/mol. The summed E-state index contributed by atoms with van der Waals surface area (Å²) in [6.45, 7) is 2.07. The third-order valence-electron chi connectivity index (χ3n) is 2.19. The number of aromatic nitrogens is 1. The van der Waals surface area contributed by atoms with E-state index in [0.29, 0.717) is 29.8 Å². The number of aliphatic hydroxyl groups is 2. The summed E-state index contributed by atoms with van der Waals surface area (Å²) in [6, 6.07) is 0. The van der Waals surface area contributed by atoms with Crippen LogP contribution in [0.25, 0.3) is 0 Å². The maximum Gasteiger partial charge on any atom is 0.145 e. The van der Waals surface area contributed by atoms with Crippen molar-refractivity contribution in [3.63, 3.8) is 0 Å². The highest BCUT2D eigenvalue weighted by atomic mass is 16.3. The summed E-state index contributed by atoms with van der Waals surface area (Å²) in [4.78, 5) is 8.00. The fourth-order valence-electron chi connectivity index (χ4n) is 1.24. The van der Waals surface area contributed by atoms with Crippen molar-refractivity contribution in [2.75, 3.05) is 13.2 Å². The topological polar surface area (TPSA) is 85.9 Å². The zero-order chi connectivity index (χ0) is 12.0. The van der Waals surface area contributed by atoms with Crippen LogP contribution in [0, 0.1) is 6.92 Å². The molecule has 3 N–H and O–H groups in total. The van der Waals surface area contributed by atoms with Crippen molar-refractivity contribution in [3.05, 3.63) is 23.0 Å². The van der Waals surface area contributed by atoms with Crippen molar-refractivity contribution in [1.82, 2.24) is 4.98 Å². The van der Waals surface area contributed by atoms with E-state index in [4.69, 9.17) is 10.2 Å². The zero-order valence-corrected chi connectivity index (χ0v) is 9.22. The predicted octanol–water partition coefficient (Wildman–Crippen LogP) is 0.389. The van der Waals surface area contributed by atoms with Crippen LogP contribution in [-0.4, -0.2) is 39.7 Å². The number of rotatable bonds is 5. The number of aryl methyl sites for hydroxylation is 1. The van der Waals surface area contributed by atoms with Gasteiger partial charge in [-0.05, 0) is 13.3 Å². The van der Waals surface area contributed by atoms with Gasteiger partial charge in [-0.15, -0.1) is 0 Å². The molecule has 0 radical (unpaired) electrons. The second-order valence-electron chi connectivity index (χ2n) is 3.40. The number of aliphatic imine (C=N–C) groups is 1. The summed E-state index contributed by atoms with van der Waals surface area (Å²) < 4.78 is 0. The molecule has 0 saturated carbocycles. The van der Waals surface area contributed by atoms with Crippen LogP contribution in [0.2, 0.25) is 0 Å². The van der Waals surface area contributed by atoms with E-state index in [-0.39, 0.29) is 19.0 Å². The molecule has 88 valence electrons. The second kappa shape index (κ2) is 6.19. The van der Waals surface area contributed by atoms with Gasteiger partial charge >= 0.3 is 0 Å². The van der Waals surface area contributed by atoms with Gasteiger partial charge in [0.15, 0.2) is 0 Å². The molecule has 1 aromatic heterocycles. The lowest BCUT2D eigenvalue weighted by atomic mass is 10.1. The zero-order valence-electron chi connectivity index (χ0n) is 9.22. The van der Waals surface area contributed by atoms with E-state index in [2.05, 4.69) is 9.98 Å². The molecular weight excluding hydrogens is 208 g/mol. The van der Waals surface area contributed by atoms with Crippen molar-refractivity contribution < 1.29 is 15.3 Å². The normalized spacial score (nSPS) is 11.2. The van der Waals surface area contributed by atoms with Crippen LogP contribution in [0.5, 0.6) is 5.75 Å². The van der Waals surface area contributed by atoms with Gasteiger partial charge in [0.1, 0.15) is 5.75 Å². The van der Waals surface area contributed by atoms with Crippen molar-refractivity contribution in [3.8, 4) is 5.75 Å². The quantitative estimate of drug-likeness (QED) is 0.499. The van der Waals surface area contributed by atoms with E-state index in [1.165, 1.54) is 12.4 Å². The molecule has 5 heteroatoms. The Morgan fingerprint density at radius 3 is 2.81 bits per heavy atom. The number of hydrogen-bond acceptors (Lipinski definition) is 5. The third kappa shape index (κ3) is 3.01. The third-order valence-corrected chi connectivity index (χ3v) is 2.19. The van der Waals surface area contributed by atoms with E-state index >= 15 is 0 Å². The van der Waals surface area contributed by atoms with Crippen molar-refractivity contribution in [1.29, 1.82) is 0 Å². The molecule has 5 nitrogen and oxygen atoms in total. The highest BCUT2D eigenvalue weighted by Crippen LogP contribution is 2.21. The van der Waals surface area contributed by atoms with Crippen molar-refractivity contribution in [2.45, 2.75) is 20.0 Å². The summed E-state index contributed by atoms with van der Waals surface area (Å²) in [7, 11) is 0. The highest BCUT2D eigenvalue weighted by molar-refractivity contribution is 5.85. The van der Waals surface area contributed by atoms with Gasteiger partial charge in [-0.3, -0.25) is 9.98 Å². The first-order valence-electron chi connectivity index (χ1n) is 5.09. The van der Waals surface area contributed by atoms with Gasteiger partial charge in [0.25, 0.3) is 0 Å². The predicted molar refractivity (Wildman–Crippen MR) is 60.7 cm³/mol. The Kier molecular flexibility index (Phi) is 4.88. The van der Waals surface area contributed by atoms with Gasteiger partial charge in [-0.1, -0.05) is 0 Å². The summed E-state index contributed by atoms with van der Waals surface area (Å²) in [5.74, 6) is 0.0410. The molecule has 0 spiro atoms. The van der Waals surface area contributed by atoms with Crippen LogP contribution in [-0.2, 0) is 6.61 Å². The highest BCUT2D eigenvalue weighted by Gasteiger charge is 2.08. The molecule has 1 aromatic rings. The van der Waals surface area contributed by atoms with E-state index in [1.54, 1.807) is 6.92 Å². The first-order valence-corrected chi connectivity index (χ1v) is 5.09. The molecule has 0 aromatic carbocycles. The Balaban J connectivity index is 2.92. The van der Waals surface area contributed by atoms with Gasteiger partial charge in [-0.2, -0.15) is 0 Å². The molecule has 16 heavy (non-hydrogen) atoms. The summed E-state index contributed by atoms with van der Waals surface area (Å²) in [6.07, 6.45) is 3.60. The Hall–Kier alpha value is -1.46. The van der Waals surface area contributed by atoms with Crippen LogP contribution in [0.15, 0.2) is 11.2 Å². The number of hydrogen-bond donors (Lipinski definition) is 3. The molecule has 0 amide bonds. The number of aliphatic hydroxyl groups excluding tert-OH is 2. The molecule has 0 saturated heterocycles. The van der Waals surface area contributed by atoms with Gasteiger partial charge in [-0.25, -0.2) is 0 Å². The van der Waals surface area contributed by atoms with Crippen molar-refractivity contribution >= 4 is 6.21 Å². The van der Waals surface area contributed by atoms with E-state index in [1.807, 2.05) is 0 Å². The number of aromatic hydroxyl groups is 1. The first-order chi connectivity index (χ1) is 7.70. The standard InChI is InChI=1S/C11H16N2O3/c1-8-11(16)10(6-12-3-2-4-14)9(7-15)5-13-8/h5-6,14-16H,2-4,7H2,1H3. The molecule has 0 atom stereocenters. The SMILES string of the molecule is Cc1ncc(CO)c(C=NCCCO)c1O. The molecule has 1 heterocycles.